The van der Waals surface area contributed by atoms with Crippen LogP contribution in [0.15, 0.2) is 30.3 Å². The molecule has 24 heavy (non-hydrogen) atoms. The molecule has 3 rings (SSSR count). The third-order valence-corrected chi connectivity index (χ3v) is 4.80. The van der Waals surface area contributed by atoms with E-state index in [0.717, 1.165) is 18.4 Å². The zero-order valence-electron chi connectivity index (χ0n) is 13.8. The molecule has 1 aliphatic carbocycles. The zero-order chi connectivity index (χ0) is 16.2. The number of carbonyl (C=O) groups excluding carboxylic acids is 1. The number of piperidine rings is 1. The number of benzene rings is 1. The van der Waals surface area contributed by atoms with E-state index in [9.17, 15) is 9.59 Å². The minimum atomic E-state index is -0.709. The molecule has 0 bridgehead atoms. The number of carboxylic acids is 1. The van der Waals surface area contributed by atoms with E-state index >= 15 is 0 Å². The number of amides is 1. The first-order valence-corrected chi connectivity index (χ1v) is 8.42. The van der Waals surface area contributed by atoms with Gasteiger partial charge in [-0.2, -0.15) is 0 Å². The van der Waals surface area contributed by atoms with Crippen LogP contribution in [0.3, 0.4) is 0 Å². The molecule has 1 N–H and O–H groups in total. The van der Waals surface area contributed by atoms with Crippen LogP contribution in [0.25, 0.3) is 0 Å². The summed E-state index contributed by atoms with van der Waals surface area (Å²) >= 11 is 0. The summed E-state index contributed by atoms with van der Waals surface area (Å²) in [6, 6.07) is 10.5. The van der Waals surface area contributed by atoms with Gasteiger partial charge in [-0.1, -0.05) is 30.3 Å². The number of rotatable bonds is 6. The van der Waals surface area contributed by atoms with Crippen LogP contribution in [-0.2, 0) is 16.1 Å². The summed E-state index contributed by atoms with van der Waals surface area (Å²) in [7, 11) is 0. The van der Waals surface area contributed by atoms with Crippen molar-refractivity contribution in [1.82, 2.24) is 9.80 Å². The molecular weight excluding hydrogens is 328 g/mol. The van der Waals surface area contributed by atoms with Gasteiger partial charge in [-0.25, -0.2) is 0 Å². The lowest BCUT2D eigenvalue weighted by Crippen LogP contribution is -2.44. The molecule has 2 aliphatic rings. The third kappa shape index (κ3) is 4.95. The fourth-order valence-corrected chi connectivity index (χ4v) is 3.21. The standard InChI is InChI=1S/C18H24N2O3.ClH/c21-17(13-19-10-8-15(9-11-19)18(22)23)20(16-6-7-16)12-14-4-2-1-3-5-14;/h1-5,15-16H,6-13H2,(H,22,23);1H. The van der Waals surface area contributed by atoms with Gasteiger partial charge >= 0.3 is 5.97 Å². The number of halogens is 1. The Morgan fingerprint density at radius 3 is 2.25 bits per heavy atom. The predicted molar refractivity (Wildman–Crippen MR) is 94.1 cm³/mol. The first kappa shape index (κ1) is 18.7. The molecule has 1 aromatic rings. The van der Waals surface area contributed by atoms with Gasteiger partial charge in [0, 0.05) is 12.6 Å². The number of aliphatic carboxylic acids is 1. The lowest BCUT2D eigenvalue weighted by Gasteiger charge is -2.32. The van der Waals surface area contributed by atoms with Gasteiger partial charge in [0.2, 0.25) is 5.91 Å². The van der Waals surface area contributed by atoms with Gasteiger partial charge in [-0.05, 0) is 44.3 Å². The maximum atomic E-state index is 12.7. The van der Waals surface area contributed by atoms with Gasteiger partial charge in [0.05, 0.1) is 12.5 Å². The Kier molecular flexibility index (Phi) is 6.63. The SMILES string of the molecule is Cl.O=C(O)C1CCN(CC(=O)N(Cc2ccccc2)C2CC2)CC1. The van der Waals surface area contributed by atoms with Crippen molar-refractivity contribution >= 4 is 24.3 Å². The fraction of sp³-hybridized carbons (Fsp3) is 0.556. The molecule has 132 valence electrons. The van der Waals surface area contributed by atoms with E-state index in [0.29, 0.717) is 45.1 Å². The summed E-state index contributed by atoms with van der Waals surface area (Å²) in [5.74, 6) is -0.782. The van der Waals surface area contributed by atoms with Crippen LogP contribution < -0.4 is 0 Å². The largest absolute Gasteiger partial charge is 0.481 e. The Labute approximate surface area is 149 Å². The van der Waals surface area contributed by atoms with Crippen molar-refractivity contribution in [1.29, 1.82) is 0 Å². The maximum Gasteiger partial charge on any atom is 0.306 e. The molecule has 5 nitrogen and oxygen atoms in total. The molecule has 1 heterocycles. The second-order valence-corrected chi connectivity index (χ2v) is 6.63. The average Bonchev–Trinajstić information content (AvgIpc) is 3.39. The molecule has 2 fully saturated rings. The first-order chi connectivity index (χ1) is 11.1. The minimum Gasteiger partial charge on any atom is -0.481 e. The summed E-state index contributed by atoms with van der Waals surface area (Å²) in [5, 5.41) is 9.05. The Hall–Kier alpha value is -1.59. The number of hydrogen-bond donors (Lipinski definition) is 1. The van der Waals surface area contributed by atoms with Gasteiger partial charge < -0.3 is 10.0 Å². The summed E-state index contributed by atoms with van der Waals surface area (Å²) in [6.45, 7) is 2.49. The van der Waals surface area contributed by atoms with E-state index in [4.69, 9.17) is 5.11 Å². The molecule has 1 amide bonds. The normalized spacial score (nSPS) is 18.7. The molecule has 0 unspecified atom stereocenters. The highest BCUT2D eigenvalue weighted by molar-refractivity contribution is 5.85. The van der Waals surface area contributed by atoms with Crippen molar-refractivity contribution in [3.63, 3.8) is 0 Å². The molecule has 1 saturated heterocycles. The van der Waals surface area contributed by atoms with Gasteiger partial charge in [0.1, 0.15) is 0 Å². The summed E-state index contributed by atoms with van der Waals surface area (Å²) in [5.41, 5.74) is 1.16. The van der Waals surface area contributed by atoms with Crippen molar-refractivity contribution in [3.8, 4) is 0 Å². The number of hydrogen-bond acceptors (Lipinski definition) is 3. The Balaban J connectivity index is 0.00000208. The highest BCUT2D eigenvalue weighted by Crippen LogP contribution is 2.29. The molecule has 0 atom stereocenters. The number of carboxylic acid groups (broad SMARTS) is 1. The first-order valence-electron chi connectivity index (χ1n) is 8.42. The monoisotopic (exact) mass is 352 g/mol. The minimum absolute atomic E-state index is 0. The molecule has 1 saturated carbocycles. The second-order valence-electron chi connectivity index (χ2n) is 6.63. The van der Waals surface area contributed by atoms with Gasteiger partial charge in [0.15, 0.2) is 0 Å². The number of likely N-dealkylation sites (tertiary alicyclic amines) is 1. The summed E-state index contributed by atoms with van der Waals surface area (Å²) in [4.78, 5) is 27.8. The van der Waals surface area contributed by atoms with Crippen LogP contribution in [0.4, 0.5) is 0 Å². The third-order valence-electron chi connectivity index (χ3n) is 4.80. The molecule has 1 aliphatic heterocycles. The Morgan fingerprint density at radius 1 is 1.08 bits per heavy atom. The van der Waals surface area contributed by atoms with Crippen LogP contribution in [0.2, 0.25) is 0 Å². The van der Waals surface area contributed by atoms with E-state index in [1.165, 1.54) is 0 Å². The van der Waals surface area contributed by atoms with Crippen LogP contribution in [-0.4, -0.2) is 52.5 Å². The van der Waals surface area contributed by atoms with Crippen LogP contribution >= 0.6 is 12.4 Å². The second kappa shape index (κ2) is 8.49. The van der Waals surface area contributed by atoms with Crippen LogP contribution in [0.5, 0.6) is 0 Å². The molecule has 6 heteroatoms. The van der Waals surface area contributed by atoms with Gasteiger partial charge in [0.25, 0.3) is 0 Å². The van der Waals surface area contributed by atoms with Crippen LogP contribution in [0.1, 0.15) is 31.2 Å². The topological polar surface area (TPSA) is 60.9 Å². The highest BCUT2D eigenvalue weighted by atomic mass is 35.5. The van der Waals surface area contributed by atoms with Gasteiger partial charge in [-0.15, -0.1) is 12.4 Å². The quantitative estimate of drug-likeness (QED) is 0.854. The van der Waals surface area contributed by atoms with Gasteiger partial charge in [-0.3, -0.25) is 14.5 Å². The molecule has 0 spiro atoms. The van der Waals surface area contributed by atoms with E-state index in [2.05, 4.69) is 17.0 Å². The van der Waals surface area contributed by atoms with Crippen molar-refractivity contribution in [3.05, 3.63) is 35.9 Å². The van der Waals surface area contributed by atoms with E-state index < -0.39 is 5.97 Å². The molecule has 0 radical (unpaired) electrons. The number of carbonyl (C=O) groups is 2. The summed E-state index contributed by atoms with van der Waals surface area (Å²) < 4.78 is 0. The van der Waals surface area contributed by atoms with E-state index in [1.54, 1.807) is 0 Å². The Morgan fingerprint density at radius 2 is 1.71 bits per heavy atom. The highest BCUT2D eigenvalue weighted by Gasteiger charge is 2.34. The predicted octanol–water partition coefficient (Wildman–Crippen LogP) is 2.40. The van der Waals surface area contributed by atoms with E-state index in [-0.39, 0.29) is 24.2 Å². The molecular formula is C18H25ClN2O3. The van der Waals surface area contributed by atoms with E-state index in [1.807, 2.05) is 23.1 Å². The lowest BCUT2D eigenvalue weighted by atomic mass is 9.97. The fourth-order valence-electron chi connectivity index (χ4n) is 3.21. The summed E-state index contributed by atoms with van der Waals surface area (Å²) in [6.07, 6.45) is 3.48. The maximum absolute atomic E-state index is 12.7. The molecule has 0 aromatic heterocycles. The van der Waals surface area contributed by atoms with Crippen molar-refractivity contribution in [2.75, 3.05) is 19.6 Å². The lowest BCUT2D eigenvalue weighted by molar-refractivity contribution is -0.143. The number of nitrogens with zero attached hydrogens (tertiary/aromatic N) is 2. The van der Waals surface area contributed by atoms with Crippen molar-refractivity contribution < 1.29 is 14.7 Å². The van der Waals surface area contributed by atoms with Crippen LogP contribution in [0, 0.1) is 5.92 Å². The zero-order valence-corrected chi connectivity index (χ0v) is 14.6. The smallest absolute Gasteiger partial charge is 0.306 e. The molecule has 1 aromatic carbocycles. The van der Waals surface area contributed by atoms with Crippen molar-refractivity contribution in [2.45, 2.75) is 38.3 Å². The van der Waals surface area contributed by atoms with Crippen molar-refractivity contribution in [2.24, 2.45) is 5.92 Å². The Bertz CT molecular complexity index is 555. The average molecular weight is 353 g/mol.